The van der Waals surface area contributed by atoms with Crippen LogP contribution in [0.4, 0.5) is 5.95 Å². The molecule has 3 aromatic rings. The van der Waals surface area contributed by atoms with Crippen LogP contribution in [0.1, 0.15) is 61.9 Å². The smallest absolute Gasteiger partial charge is 0.225 e. The Balaban J connectivity index is 1.48. The van der Waals surface area contributed by atoms with E-state index < -0.39 is 0 Å². The third-order valence-corrected chi connectivity index (χ3v) is 6.12. The summed E-state index contributed by atoms with van der Waals surface area (Å²) in [6.45, 7) is 3.73. The minimum atomic E-state index is 0.561. The zero-order chi connectivity index (χ0) is 19.2. The Morgan fingerprint density at radius 2 is 1.89 bits per heavy atom. The molecule has 0 amide bonds. The van der Waals surface area contributed by atoms with E-state index in [2.05, 4.69) is 48.1 Å². The monoisotopic (exact) mass is 396 g/mol. The van der Waals surface area contributed by atoms with Gasteiger partial charge in [0.25, 0.3) is 0 Å². The number of nitrogens with zero attached hydrogens (tertiary/aromatic N) is 6. The molecule has 0 bridgehead atoms. The number of aromatic nitrogens is 5. The molecular weight excluding hydrogens is 368 g/mol. The van der Waals surface area contributed by atoms with E-state index >= 15 is 0 Å². The molecule has 0 aliphatic heterocycles. The predicted octanol–water partition coefficient (Wildman–Crippen LogP) is 4.45. The fraction of sp³-hybridized carbons (Fsp3) is 0.524. The van der Waals surface area contributed by atoms with E-state index in [1.165, 1.54) is 37.7 Å². The number of thiazole rings is 1. The first-order valence-corrected chi connectivity index (χ1v) is 11.2. The van der Waals surface area contributed by atoms with Crippen molar-refractivity contribution in [2.45, 2.75) is 64.5 Å². The summed E-state index contributed by atoms with van der Waals surface area (Å²) in [4.78, 5) is 15.9. The second-order valence-electron chi connectivity index (χ2n) is 7.52. The Bertz CT molecular complexity index is 836. The summed E-state index contributed by atoms with van der Waals surface area (Å²) >= 11 is 1.64. The van der Waals surface area contributed by atoms with Gasteiger partial charge in [0.2, 0.25) is 5.95 Å². The van der Waals surface area contributed by atoms with Gasteiger partial charge in [0, 0.05) is 49.0 Å². The highest BCUT2D eigenvalue weighted by Gasteiger charge is 2.17. The zero-order valence-electron chi connectivity index (χ0n) is 16.5. The Labute approximate surface area is 170 Å². The van der Waals surface area contributed by atoms with Crippen LogP contribution in [0.25, 0.3) is 0 Å². The van der Waals surface area contributed by atoms with Crippen LogP contribution < -0.4 is 4.90 Å². The molecule has 3 heterocycles. The molecule has 0 saturated heterocycles. The van der Waals surface area contributed by atoms with E-state index in [4.69, 9.17) is 0 Å². The van der Waals surface area contributed by atoms with Crippen LogP contribution in [0.15, 0.2) is 35.7 Å². The van der Waals surface area contributed by atoms with Crippen LogP contribution in [0, 0.1) is 0 Å². The average molecular weight is 397 g/mol. The van der Waals surface area contributed by atoms with Gasteiger partial charge in [0.15, 0.2) is 0 Å². The first kappa shape index (κ1) is 19.1. The summed E-state index contributed by atoms with van der Waals surface area (Å²) in [6, 6.07) is 0.561. The second kappa shape index (κ2) is 9.28. The van der Waals surface area contributed by atoms with Gasteiger partial charge in [0.1, 0.15) is 0 Å². The van der Waals surface area contributed by atoms with Gasteiger partial charge in [-0.05, 0) is 24.8 Å². The largest absolute Gasteiger partial charge is 0.336 e. The van der Waals surface area contributed by atoms with Crippen molar-refractivity contribution in [2.75, 3.05) is 11.4 Å². The van der Waals surface area contributed by atoms with Crippen molar-refractivity contribution in [3.63, 3.8) is 0 Å². The van der Waals surface area contributed by atoms with Gasteiger partial charge in [-0.2, -0.15) is 5.10 Å². The molecule has 6 nitrogen and oxygen atoms in total. The van der Waals surface area contributed by atoms with Crippen LogP contribution in [-0.4, -0.2) is 31.3 Å². The quantitative estimate of drug-likeness (QED) is 0.563. The molecule has 4 rings (SSSR count). The summed E-state index contributed by atoms with van der Waals surface area (Å²) in [7, 11) is 0. The molecule has 7 heteroatoms. The maximum atomic E-state index is 4.66. The molecule has 0 spiro atoms. The lowest BCUT2D eigenvalue weighted by atomic mass is 9.96. The maximum Gasteiger partial charge on any atom is 0.225 e. The molecule has 0 unspecified atom stereocenters. The van der Waals surface area contributed by atoms with Crippen LogP contribution >= 0.6 is 11.3 Å². The lowest BCUT2D eigenvalue weighted by molar-refractivity contribution is 0.329. The summed E-state index contributed by atoms with van der Waals surface area (Å²) < 4.78 is 2.17. The third kappa shape index (κ3) is 4.76. The molecule has 3 aromatic heterocycles. The molecular formula is C21H28N6S. The Morgan fingerprint density at radius 3 is 2.61 bits per heavy atom. The number of hydrogen-bond donors (Lipinski definition) is 0. The molecule has 0 aromatic carbocycles. The normalized spacial score (nSPS) is 15.0. The van der Waals surface area contributed by atoms with E-state index in [0.29, 0.717) is 6.04 Å². The molecule has 148 valence electrons. The van der Waals surface area contributed by atoms with Crippen LogP contribution in [0.5, 0.6) is 0 Å². The van der Waals surface area contributed by atoms with Crippen molar-refractivity contribution in [3.05, 3.63) is 52.5 Å². The van der Waals surface area contributed by atoms with Crippen molar-refractivity contribution in [1.29, 1.82) is 0 Å². The van der Waals surface area contributed by atoms with Crippen LogP contribution in [0.2, 0.25) is 0 Å². The van der Waals surface area contributed by atoms with E-state index in [-0.39, 0.29) is 0 Å². The van der Waals surface area contributed by atoms with E-state index in [1.807, 2.05) is 24.1 Å². The molecule has 1 saturated carbocycles. The standard InChI is InChI=1S/C21H28N6S/c1-2-17-10-22-21(23-11-17)26(9-8-19-15-28-16-24-19)13-18-12-25-27(14-18)20-6-4-3-5-7-20/h10-12,14-16,20H,2-9,13H2,1H3. The first-order valence-electron chi connectivity index (χ1n) is 10.3. The third-order valence-electron chi connectivity index (χ3n) is 5.48. The minimum Gasteiger partial charge on any atom is -0.336 e. The maximum absolute atomic E-state index is 4.66. The molecule has 1 fully saturated rings. The summed E-state index contributed by atoms with van der Waals surface area (Å²) in [5, 5.41) is 6.77. The van der Waals surface area contributed by atoms with Gasteiger partial charge in [-0.3, -0.25) is 4.68 Å². The highest BCUT2D eigenvalue weighted by molar-refractivity contribution is 7.07. The lowest BCUT2D eigenvalue weighted by Gasteiger charge is -2.23. The number of hydrogen-bond acceptors (Lipinski definition) is 6. The molecule has 1 aliphatic rings. The van der Waals surface area contributed by atoms with Crippen LogP contribution in [0.3, 0.4) is 0 Å². The Hall–Kier alpha value is -2.28. The summed E-state index contributed by atoms with van der Waals surface area (Å²) in [5.41, 5.74) is 5.39. The molecule has 0 N–H and O–H groups in total. The Kier molecular flexibility index (Phi) is 6.31. The van der Waals surface area contributed by atoms with E-state index in [0.717, 1.165) is 43.1 Å². The SMILES string of the molecule is CCc1cnc(N(CCc2cscn2)Cc2cnn(C3CCCCC3)c2)nc1. The number of aryl methyl sites for hydroxylation is 1. The van der Waals surface area contributed by atoms with Crippen molar-refractivity contribution in [2.24, 2.45) is 0 Å². The van der Waals surface area contributed by atoms with Crippen molar-refractivity contribution in [1.82, 2.24) is 24.7 Å². The first-order chi connectivity index (χ1) is 13.8. The molecule has 0 radical (unpaired) electrons. The van der Waals surface area contributed by atoms with E-state index in [9.17, 15) is 0 Å². The van der Waals surface area contributed by atoms with Gasteiger partial charge >= 0.3 is 0 Å². The van der Waals surface area contributed by atoms with Crippen LogP contribution in [-0.2, 0) is 19.4 Å². The number of rotatable bonds is 8. The zero-order valence-corrected chi connectivity index (χ0v) is 17.3. The van der Waals surface area contributed by atoms with Crippen molar-refractivity contribution in [3.8, 4) is 0 Å². The molecule has 0 atom stereocenters. The van der Waals surface area contributed by atoms with Gasteiger partial charge in [-0.25, -0.2) is 15.0 Å². The topological polar surface area (TPSA) is 59.7 Å². The Morgan fingerprint density at radius 1 is 1.07 bits per heavy atom. The van der Waals surface area contributed by atoms with Crippen molar-refractivity contribution >= 4 is 17.3 Å². The lowest BCUT2D eigenvalue weighted by Crippen LogP contribution is -2.27. The number of anilines is 1. The average Bonchev–Trinajstić information content (AvgIpc) is 3.44. The fourth-order valence-corrected chi connectivity index (χ4v) is 4.37. The minimum absolute atomic E-state index is 0.561. The predicted molar refractivity (Wildman–Crippen MR) is 113 cm³/mol. The van der Waals surface area contributed by atoms with Gasteiger partial charge in [-0.1, -0.05) is 26.2 Å². The summed E-state index contributed by atoms with van der Waals surface area (Å²) in [6.07, 6.45) is 16.4. The highest BCUT2D eigenvalue weighted by atomic mass is 32.1. The van der Waals surface area contributed by atoms with Gasteiger partial charge in [-0.15, -0.1) is 11.3 Å². The fourth-order valence-electron chi connectivity index (χ4n) is 3.78. The van der Waals surface area contributed by atoms with Gasteiger partial charge in [0.05, 0.1) is 23.4 Å². The summed E-state index contributed by atoms with van der Waals surface area (Å²) in [5.74, 6) is 0.776. The van der Waals surface area contributed by atoms with E-state index in [1.54, 1.807) is 11.3 Å². The van der Waals surface area contributed by atoms with Crippen molar-refractivity contribution < 1.29 is 0 Å². The second-order valence-corrected chi connectivity index (χ2v) is 8.24. The highest BCUT2D eigenvalue weighted by Crippen LogP contribution is 2.27. The molecule has 28 heavy (non-hydrogen) atoms. The molecule has 1 aliphatic carbocycles. The van der Waals surface area contributed by atoms with Gasteiger partial charge < -0.3 is 4.90 Å².